The third-order valence-corrected chi connectivity index (χ3v) is 4.49. The average molecular weight is 298 g/mol. The number of hydrogen-bond donors (Lipinski definition) is 2. The van der Waals surface area contributed by atoms with Gasteiger partial charge in [0.1, 0.15) is 0 Å². The lowest BCUT2D eigenvalue weighted by Gasteiger charge is -2.43. The van der Waals surface area contributed by atoms with Crippen molar-refractivity contribution in [2.24, 2.45) is 5.92 Å². The van der Waals surface area contributed by atoms with Gasteiger partial charge in [-0.2, -0.15) is 0 Å². The van der Waals surface area contributed by atoms with Crippen LogP contribution in [0.15, 0.2) is 0 Å². The number of ether oxygens (including phenoxy) is 1. The second-order valence-corrected chi connectivity index (χ2v) is 5.92. The number of rotatable bonds is 4. The van der Waals surface area contributed by atoms with Crippen LogP contribution in [0.1, 0.15) is 38.5 Å². The molecule has 2 fully saturated rings. The Labute approximate surface area is 123 Å². The predicted octanol–water partition coefficient (Wildman–Crippen LogP) is 0.978. The first kappa shape index (κ1) is 15.6. The van der Waals surface area contributed by atoms with Crippen LogP contribution in [0.5, 0.6) is 0 Å². The van der Waals surface area contributed by atoms with E-state index in [-0.39, 0.29) is 24.3 Å². The molecule has 2 rings (SSSR count). The number of amides is 2. The van der Waals surface area contributed by atoms with Crippen molar-refractivity contribution in [3.8, 4) is 0 Å². The molecule has 1 saturated heterocycles. The minimum atomic E-state index is -0.889. The number of likely N-dealkylation sites (tertiary alicyclic amines) is 1. The minimum absolute atomic E-state index is 0.0304. The maximum absolute atomic E-state index is 12.2. The van der Waals surface area contributed by atoms with E-state index in [2.05, 4.69) is 5.32 Å². The lowest BCUT2D eigenvalue weighted by atomic mass is 9.74. The van der Waals surface area contributed by atoms with Crippen LogP contribution in [0.4, 0.5) is 4.79 Å². The summed E-state index contributed by atoms with van der Waals surface area (Å²) in [6.07, 6.45) is 3.51. The summed E-state index contributed by atoms with van der Waals surface area (Å²) >= 11 is 0. The summed E-state index contributed by atoms with van der Waals surface area (Å²) in [6, 6.07) is -0.223. The molecule has 1 saturated carbocycles. The Bertz CT molecular complexity index is 425. The molecule has 21 heavy (non-hydrogen) atoms. The lowest BCUT2D eigenvalue weighted by Crippen LogP contribution is -2.59. The van der Waals surface area contributed by atoms with Crippen LogP contribution in [-0.2, 0) is 14.3 Å². The summed E-state index contributed by atoms with van der Waals surface area (Å²) < 4.78 is 4.71. The zero-order chi connectivity index (χ0) is 15.5. The van der Waals surface area contributed by atoms with E-state index in [9.17, 15) is 14.4 Å². The monoisotopic (exact) mass is 298 g/mol. The molecule has 1 aliphatic carbocycles. The van der Waals surface area contributed by atoms with Gasteiger partial charge in [0, 0.05) is 13.1 Å². The highest BCUT2D eigenvalue weighted by atomic mass is 16.5. The van der Waals surface area contributed by atoms with Gasteiger partial charge in [0.05, 0.1) is 25.0 Å². The quantitative estimate of drug-likeness (QED) is 0.754. The van der Waals surface area contributed by atoms with E-state index in [1.165, 1.54) is 7.11 Å². The molecule has 2 aliphatic rings. The number of aliphatic carboxylic acids is 1. The Morgan fingerprint density at radius 2 is 1.90 bits per heavy atom. The van der Waals surface area contributed by atoms with E-state index in [0.717, 1.165) is 6.42 Å². The van der Waals surface area contributed by atoms with E-state index in [1.807, 2.05) is 0 Å². The van der Waals surface area contributed by atoms with Crippen LogP contribution >= 0.6 is 0 Å². The first-order chi connectivity index (χ1) is 9.96. The molecule has 7 heteroatoms. The third-order valence-electron chi connectivity index (χ3n) is 4.49. The summed E-state index contributed by atoms with van der Waals surface area (Å²) in [5.41, 5.74) is -0.581. The molecule has 0 aromatic rings. The Hall–Kier alpha value is -1.79. The standard InChI is InChI=1S/C14H22N2O5/c1-21-12(19)10-3-7-16(8-4-10)13(20)15-14(5-2-6-14)9-11(17)18/h10H,2-9H2,1H3,(H,15,20)(H,17,18). The normalized spacial score (nSPS) is 21.3. The van der Waals surface area contributed by atoms with Gasteiger partial charge in [0.2, 0.25) is 0 Å². The number of nitrogens with zero attached hydrogens (tertiary/aromatic N) is 1. The lowest BCUT2D eigenvalue weighted by molar-refractivity contribution is -0.147. The summed E-state index contributed by atoms with van der Waals surface area (Å²) in [5, 5.41) is 11.8. The van der Waals surface area contributed by atoms with Crippen LogP contribution in [0.2, 0.25) is 0 Å². The van der Waals surface area contributed by atoms with Gasteiger partial charge < -0.3 is 20.1 Å². The highest BCUT2D eigenvalue weighted by Gasteiger charge is 2.41. The molecule has 0 bridgehead atoms. The van der Waals surface area contributed by atoms with Gasteiger partial charge in [-0.15, -0.1) is 0 Å². The number of carboxylic acids is 1. The number of carboxylic acid groups (broad SMARTS) is 1. The number of hydrogen-bond acceptors (Lipinski definition) is 4. The fourth-order valence-corrected chi connectivity index (χ4v) is 3.03. The molecule has 0 unspecified atom stereocenters. The Morgan fingerprint density at radius 1 is 1.29 bits per heavy atom. The molecular formula is C14H22N2O5. The Balaban J connectivity index is 1.84. The molecule has 0 atom stereocenters. The maximum Gasteiger partial charge on any atom is 0.317 e. The SMILES string of the molecule is COC(=O)C1CCN(C(=O)NC2(CC(=O)O)CCC2)CC1. The van der Waals surface area contributed by atoms with Crippen LogP contribution < -0.4 is 5.32 Å². The molecule has 2 amide bonds. The molecule has 0 spiro atoms. The van der Waals surface area contributed by atoms with E-state index in [0.29, 0.717) is 38.8 Å². The molecule has 1 heterocycles. The fraction of sp³-hybridized carbons (Fsp3) is 0.786. The number of piperidine rings is 1. The molecule has 0 aromatic heterocycles. The highest BCUT2D eigenvalue weighted by molar-refractivity contribution is 5.78. The number of nitrogens with one attached hydrogen (secondary N) is 1. The maximum atomic E-state index is 12.2. The topological polar surface area (TPSA) is 95.9 Å². The second kappa shape index (κ2) is 6.32. The molecule has 2 N–H and O–H groups in total. The first-order valence-corrected chi connectivity index (χ1v) is 7.32. The molecule has 118 valence electrons. The van der Waals surface area contributed by atoms with Crippen LogP contribution in [0.3, 0.4) is 0 Å². The van der Waals surface area contributed by atoms with Crippen molar-refractivity contribution in [2.45, 2.75) is 44.1 Å². The van der Waals surface area contributed by atoms with Gasteiger partial charge in [0.15, 0.2) is 0 Å². The molecule has 1 aliphatic heterocycles. The van der Waals surface area contributed by atoms with Crippen LogP contribution in [-0.4, -0.2) is 53.7 Å². The number of esters is 1. The van der Waals surface area contributed by atoms with Gasteiger partial charge in [-0.05, 0) is 32.1 Å². The Morgan fingerprint density at radius 3 is 2.33 bits per heavy atom. The number of carbonyl (C=O) groups is 3. The summed E-state index contributed by atoms with van der Waals surface area (Å²) in [4.78, 5) is 36.2. The van der Waals surface area contributed by atoms with E-state index >= 15 is 0 Å². The van der Waals surface area contributed by atoms with Gasteiger partial charge in [0.25, 0.3) is 0 Å². The van der Waals surface area contributed by atoms with Crippen molar-refractivity contribution >= 4 is 18.0 Å². The molecule has 0 radical (unpaired) electrons. The van der Waals surface area contributed by atoms with E-state index in [1.54, 1.807) is 4.90 Å². The van der Waals surface area contributed by atoms with Crippen molar-refractivity contribution in [3.05, 3.63) is 0 Å². The van der Waals surface area contributed by atoms with Crippen LogP contribution in [0.25, 0.3) is 0 Å². The summed E-state index contributed by atoms with van der Waals surface area (Å²) in [5.74, 6) is -1.26. The number of carbonyl (C=O) groups excluding carboxylic acids is 2. The predicted molar refractivity (Wildman–Crippen MR) is 73.7 cm³/mol. The van der Waals surface area contributed by atoms with Crippen molar-refractivity contribution in [2.75, 3.05) is 20.2 Å². The smallest absolute Gasteiger partial charge is 0.317 e. The minimum Gasteiger partial charge on any atom is -0.481 e. The van der Waals surface area contributed by atoms with Gasteiger partial charge in [-0.3, -0.25) is 9.59 Å². The average Bonchev–Trinajstić information content (AvgIpc) is 2.43. The number of methoxy groups -OCH3 is 1. The van der Waals surface area contributed by atoms with E-state index < -0.39 is 11.5 Å². The van der Waals surface area contributed by atoms with Crippen molar-refractivity contribution < 1.29 is 24.2 Å². The Kier molecular flexibility index (Phi) is 4.69. The van der Waals surface area contributed by atoms with Crippen molar-refractivity contribution in [3.63, 3.8) is 0 Å². The zero-order valence-electron chi connectivity index (χ0n) is 12.3. The molecule has 7 nitrogen and oxygen atoms in total. The summed E-state index contributed by atoms with van der Waals surface area (Å²) in [6.45, 7) is 0.990. The second-order valence-electron chi connectivity index (χ2n) is 5.92. The van der Waals surface area contributed by atoms with Gasteiger partial charge in [-0.1, -0.05) is 0 Å². The third kappa shape index (κ3) is 3.65. The van der Waals surface area contributed by atoms with Gasteiger partial charge in [-0.25, -0.2) is 4.79 Å². The highest BCUT2D eigenvalue weighted by Crippen LogP contribution is 2.35. The van der Waals surface area contributed by atoms with E-state index in [4.69, 9.17) is 9.84 Å². The van der Waals surface area contributed by atoms with Gasteiger partial charge >= 0.3 is 18.0 Å². The first-order valence-electron chi connectivity index (χ1n) is 7.32. The van der Waals surface area contributed by atoms with Crippen molar-refractivity contribution in [1.29, 1.82) is 0 Å². The largest absolute Gasteiger partial charge is 0.481 e. The molecular weight excluding hydrogens is 276 g/mol. The van der Waals surface area contributed by atoms with Crippen LogP contribution in [0, 0.1) is 5.92 Å². The molecule has 0 aromatic carbocycles. The number of urea groups is 1. The van der Waals surface area contributed by atoms with Crippen molar-refractivity contribution in [1.82, 2.24) is 10.2 Å². The zero-order valence-corrected chi connectivity index (χ0v) is 12.3. The fourth-order valence-electron chi connectivity index (χ4n) is 3.03. The summed E-state index contributed by atoms with van der Waals surface area (Å²) in [7, 11) is 1.37.